The molecule has 150 valence electrons. The minimum atomic E-state index is -0.00660. The molecule has 0 atom stereocenters. The van der Waals surface area contributed by atoms with Crippen molar-refractivity contribution in [2.45, 2.75) is 37.9 Å². The van der Waals surface area contributed by atoms with Crippen LogP contribution in [0, 0.1) is 0 Å². The van der Waals surface area contributed by atoms with Crippen molar-refractivity contribution in [3.05, 3.63) is 26.6 Å². The van der Waals surface area contributed by atoms with Crippen LogP contribution in [0.1, 0.15) is 35.5 Å². The monoisotopic (exact) mass is 430 g/mol. The first kappa shape index (κ1) is 22.2. The fourth-order valence-corrected chi connectivity index (χ4v) is 5.27. The van der Waals surface area contributed by atoms with Gasteiger partial charge in [0.15, 0.2) is 0 Å². The molecule has 0 bridgehead atoms. The first-order valence-electron chi connectivity index (χ1n) is 9.10. The van der Waals surface area contributed by atoms with Gasteiger partial charge in [0.2, 0.25) is 5.91 Å². The minimum Gasteiger partial charge on any atom is -0.344 e. The van der Waals surface area contributed by atoms with Crippen LogP contribution >= 0.6 is 35.5 Å². The lowest BCUT2D eigenvalue weighted by Gasteiger charge is -2.16. The standard InChI is InChI=1S/C18H26N4O2S2.ClH/c1-19-8-9-22(2)15(23)7-10-25-11-14-20-17(24)16-12-5-3-4-6-13(12)26-18(16)21-14;/h19H,3-11H2,1-2H3,(H,20,21,24);1H. The number of halogens is 1. The molecule has 2 aromatic rings. The molecule has 3 rings (SSSR count). The fraction of sp³-hybridized carbons (Fsp3) is 0.611. The number of carbonyl (C=O) groups is 1. The van der Waals surface area contributed by atoms with Crippen LogP contribution in [0.3, 0.4) is 0 Å². The Bertz CT molecular complexity index is 837. The molecule has 1 aliphatic rings. The molecule has 2 N–H and O–H groups in total. The largest absolute Gasteiger partial charge is 0.344 e. The van der Waals surface area contributed by atoms with Crippen LogP contribution in [0.4, 0.5) is 0 Å². The number of carbonyl (C=O) groups excluding carboxylic acids is 1. The molecule has 0 spiro atoms. The molecule has 0 saturated carbocycles. The van der Waals surface area contributed by atoms with Gasteiger partial charge in [0.1, 0.15) is 10.7 Å². The summed E-state index contributed by atoms with van der Waals surface area (Å²) in [6.45, 7) is 1.51. The van der Waals surface area contributed by atoms with Gasteiger partial charge in [-0.05, 0) is 38.3 Å². The van der Waals surface area contributed by atoms with Crippen LogP contribution in [0.5, 0.6) is 0 Å². The van der Waals surface area contributed by atoms with E-state index < -0.39 is 0 Å². The van der Waals surface area contributed by atoms with Crippen molar-refractivity contribution in [1.29, 1.82) is 0 Å². The zero-order valence-corrected chi connectivity index (χ0v) is 18.2. The number of rotatable bonds is 8. The van der Waals surface area contributed by atoms with Gasteiger partial charge in [-0.15, -0.1) is 23.7 Å². The second-order valence-electron chi connectivity index (χ2n) is 6.63. The Morgan fingerprint density at radius 3 is 2.93 bits per heavy atom. The van der Waals surface area contributed by atoms with Crippen LogP contribution in [-0.2, 0) is 23.4 Å². The lowest BCUT2D eigenvalue weighted by Crippen LogP contribution is -2.32. The summed E-state index contributed by atoms with van der Waals surface area (Å²) in [7, 11) is 3.71. The van der Waals surface area contributed by atoms with E-state index in [-0.39, 0.29) is 23.9 Å². The average Bonchev–Trinajstić information content (AvgIpc) is 3.01. The summed E-state index contributed by atoms with van der Waals surface area (Å²) >= 11 is 3.31. The third-order valence-corrected chi connectivity index (χ3v) is 6.85. The van der Waals surface area contributed by atoms with Gasteiger partial charge in [-0.1, -0.05) is 0 Å². The van der Waals surface area contributed by atoms with E-state index in [4.69, 9.17) is 0 Å². The molecule has 0 aliphatic heterocycles. The molecule has 1 aliphatic carbocycles. The molecule has 1 amide bonds. The lowest BCUT2D eigenvalue weighted by atomic mass is 9.97. The van der Waals surface area contributed by atoms with Crippen molar-refractivity contribution in [1.82, 2.24) is 20.2 Å². The summed E-state index contributed by atoms with van der Waals surface area (Å²) in [6, 6.07) is 0. The molecular formula is C18H27ClN4O2S2. The van der Waals surface area contributed by atoms with E-state index in [1.807, 2.05) is 14.1 Å². The Balaban J connectivity index is 0.00000261. The quantitative estimate of drug-likeness (QED) is 0.629. The van der Waals surface area contributed by atoms with E-state index in [1.54, 1.807) is 28.0 Å². The third kappa shape index (κ3) is 5.47. The molecule has 2 heterocycles. The van der Waals surface area contributed by atoms with E-state index in [0.29, 0.717) is 24.5 Å². The van der Waals surface area contributed by atoms with E-state index in [2.05, 4.69) is 15.3 Å². The summed E-state index contributed by atoms with van der Waals surface area (Å²) in [5.74, 6) is 2.21. The number of nitrogens with one attached hydrogen (secondary N) is 2. The van der Waals surface area contributed by atoms with Crippen LogP contribution in [0.25, 0.3) is 10.2 Å². The molecule has 0 saturated heterocycles. The number of likely N-dealkylation sites (N-methyl/N-ethyl adjacent to an activating group) is 2. The highest BCUT2D eigenvalue weighted by molar-refractivity contribution is 7.98. The molecule has 0 unspecified atom stereocenters. The Hall–Kier alpha value is -1.09. The third-order valence-electron chi connectivity index (χ3n) is 4.70. The summed E-state index contributed by atoms with van der Waals surface area (Å²) in [5.41, 5.74) is 1.22. The number of fused-ring (bicyclic) bond motifs is 3. The van der Waals surface area contributed by atoms with Gasteiger partial charge in [-0.25, -0.2) is 4.98 Å². The molecule has 27 heavy (non-hydrogen) atoms. The Labute approximate surface area is 173 Å². The number of hydrogen-bond acceptors (Lipinski definition) is 6. The topological polar surface area (TPSA) is 78.1 Å². The summed E-state index contributed by atoms with van der Waals surface area (Å²) in [6.07, 6.45) is 4.94. The number of nitrogens with zero attached hydrogens (tertiary/aromatic N) is 2. The van der Waals surface area contributed by atoms with Gasteiger partial charge in [-0.3, -0.25) is 9.59 Å². The molecule has 0 radical (unpaired) electrons. The normalized spacial score (nSPS) is 13.3. The number of aryl methyl sites for hydroxylation is 2. The smallest absolute Gasteiger partial charge is 0.259 e. The van der Waals surface area contributed by atoms with Crippen molar-refractivity contribution < 1.29 is 4.79 Å². The maximum atomic E-state index is 12.5. The maximum Gasteiger partial charge on any atom is 0.259 e. The molecule has 2 aromatic heterocycles. The zero-order valence-electron chi connectivity index (χ0n) is 15.8. The number of thioether (sulfide) groups is 1. The van der Waals surface area contributed by atoms with E-state index in [1.165, 1.54) is 16.9 Å². The first-order valence-corrected chi connectivity index (χ1v) is 11.1. The molecule has 6 nitrogen and oxygen atoms in total. The molecule has 9 heteroatoms. The van der Waals surface area contributed by atoms with Crippen molar-refractivity contribution >= 4 is 51.6 Å². The second-order valence-corrected chi connectivity index (χ2v) is 8.81. The Morgan fingerprint density at radius 2 is 2.15 bits per heavy atom. The SMILES string of the molecule is CNCCN(C)C(=O)CCSCc1nc2sc3c(c2c(=O)[nH]1)CCCC3.Cl. The van der Waals surface area contributed by atoms with Gasteiger partial charge in [0.05, 0.1) is 11.1 Å². The zero-order chi connectivity index (χ0) is 18.5. The summed E-state index contributed by atoms with van der Waals surface area (Å²) in [5, 5.41) is 3.85. The minimum absolute atomic E-state index is 0. The highest BCUT2D eigenvalue weighted by Crippen LogP contribution is 2.33. The first-order chi connectivity index (χ1) is 12.6. The Kier molecular flexibility index (Phi) is 8.60. The van der Waals surface area contributed by atoms with Crippen LogP contribution in [-0.4, -0.2) is 53.7 Å². The van der Waals surface area contributed by atoms with Gasteiger partial charge >= 0.3 is 0 Å². The molecule has 0 fully saturated rings. The van der Waals surface area contributed by atoms with Crippen molar-refractivity contribution in [2.24, 2.45) is 0 Å². The summed E-state index contributed by atoms with van der Waals surface area (Å²) < 4.78 is 0. The fourth-order valence-electron chi connectivity index (χ4n) is 3.20. The Morgan fingerprint density at radius 1 is 1.37 bits per heavy atom. The van der Waals surface area contributed by atoms with Crippen molar-refractivity contribution in [3.63, 3.8) is 0 Å². The number of amides is 1. The van der Waals surface area contributed by atoms with E-state index in [9.17, 15) is 9.59 Å². The molecular weight excluding hydrogens is 404 g/mol. The number of H-pyrrole nitrogens is 1. The highest BCUT2D eigenvalue weighted by Gasteiger charge is 2.19. The van der Waals surface area contributed by atoms with Crippen LogP contribution < -0.4 is 10.9 Å². The van der Waals surface area contributed by atoms with Crippen molar-refractivity contribution in [2.75, 3.05) is 32.9 Å². The number of hydrogen-bond donors (Lipinski definition) is 2. The number of aromatic amines is 1. The number of aromatic nitrogens is 2. The highest BCUT2D eigenvalue weighted by atomic mass is 35.5. The van der Waals surface area contributed by atoms with E-state index in [0.717, 1.165) is 41.8 Å². The van der Waals surface area contributed by atoms with Crippen LogP contribution in [0.2, 0.25) is 0 Å². The van der Waals surface area contributed by atoms with Gasteiger partial charge < -0.3 is 15.2 Å². The van der Waals surface area contributed by atoms with E-state index >= 15 is 0 Å². The number of thiophene rings is 1. The predicted molar refractivity (Wildman–Crippen MR) is 116 cm³/mol. The van der Waals surface area contributed by atoms with Gasteiger partial charge in [-0.2, -0.15) is 11.8 Å². The second kappa shape index (κ2) is 10.5. The van der Waals surface area contributed by atoms with Gasteiger partial charge in [0, 0.05) is 37.2 Å². The summed E-state index contributed by atoms with van der Waals surface area (Å²) in [4.78, 5) is 36.1. The average molecular weight is 431 g/mol. The van der Waals surface area contributed by atoms with Gasteiger partial charge in [0.25, 0.3) is 5.56 Å². The van der Waals surface area contributed by atoms with Crippen molar-refractivity contribution in [3.8, 4) is 0 Å². The predicted octanol–water partition coefficient (Wildman–Crippen LogP) is 2.59. The maximum absolute atomic E-state index is 12.5. The lowest BCUT2D eigenvalue weighted by molar-refractivity contribution is -0.129. The molecule has 0 aromatic carbocycles. The van der Waals surface area contributed by atoms with Crippen LogP contribution in [0.15, 0.2) is 4.79 Å².